The van der Waals surface area contributed by atoms with Gasteiger partial charge in [-0.3, -0.25) is 9.36 Å². The zero-order chi connectivity index (χ0) is 13.2. The molecule has 18 heavy (non-hydrogen) atoms. The van der Waals surface area contributed by atoms with Crippen molar-refractivity contribution in [3.63, 3.8) is 0 Å². The monoisotopic (exact) mass is 248 g/mol. The van der Waals surface area contributed by atoms with Crippen LogP contribution in [0.25, 0.3) is 0 Å². The molecular formula is C12H20N6. The number of rotatable bonds is 4. The summed E-state index contributed by atoms with van der Waals surface area (Å²) in [6.07, 6.45) is 3.38. The summed E-state index contributed by atoms with van der Waals surface area (Å²) in [6.45, 7) is 7.88. The summed E-state index contributed by atoms with van der Waals surface area (Å²) in [4.78, 5) is 4.21. The lowest BCUT2D eigenvalue weighted by atomic mass is 10.1. The third-order valence-electron chi connectivity index (χ3n) is 2.70. The molecule has 0 saturated carbocycles. The molecule has 0 fully saturated rings. The van der Waals surface area contributed by atoms with Crippen molar-refractivity contribution in [2.24, 2.45) is 7.05 Å². The Morgan fingerprint density at radius 1 is 1.28 bits per heavy atom. The van der Waals surface area contributed by atoms with Crippen LogP contribution in [0.3, 0.4) is 0 Å². The molecule has 0 radical (unpaired) electrons. The summed E-state index contributed by atoms with van der Waals surface area (Å²) in [6, 6.07) is 2.02. The molecule has 0 aliphatic carbocycles. The third-order valence-corrected chi connectivity index (χ3v) is 2.70. The molecule has 0 aromatic carbocycles. The molecule has 0 saturated heterocycles. The third kappa shape index (κ3) is 3.16. The first-order chi connectivity index (χ1) is 8.46. The van der Waals surface area contributed by atoms with Gasteiger partial charge in [0.15, 0.2) is 0 Å². The first kappa shape index (κ1) is 12.8. The van der Waals surface area contributed by atoms with E-state index in [-0.39, 0.29) is 5.54 Å². The molecule has 2 aromatic rings. The van der Waals surface area contributed by atoms with Crippen molar-refractivity contribution < 1.29 is 0 Å². The van der Waals surface area contributed by atoms with Gasteiger partial charge in [-0.15, -0.1) is 0 Å². The van der Waals surface area contributed by atoms with E-state index >= 15 is 0 Å². The Bertz CT molecular complexity index is 505. The highest BCUT2D eigenvalue weighted by atomic mass is 15.4. The summed E-state index contributed by atoms with van der Waals surface area (Å²) >= 11 is 0. The minimum absolute atomic E-state index is 0.0971. The van der Waals surface area contributed by atoms with E-state index < -0.39 is 0 Å². The number of aryl methyl sites for hydroxylation is 1. The van der Waals surface area contributed by atoms with E-state index in [0.717, 1.165) is 18.1 Å². The Morgan fingerprint density at radius 2 is 2.06 bits per heavy atom. The molecule has 6 nitrogen and oxygen atoms in total. The Balaban J connectivity index is 2.06. The fraction of sp³-hybridized carbons (Fsp3) is 0.583. The summed E-state index contributed by atoms with van der Waals surface area (Å²) in [7, 11) is 1.89. The standard InChI is InChI=1S/C12H20N6/c1-12(2,3)14-7-10-5-6-15-18(10)8-11-13-9-16-17(11)4/h5-6,9,14H,7-8H2,1-4H3. The Morgan fingerprint density at radius 3 is 2.67 bits per heavy atom. The van der Waals surface area contributed by atoms with Gasteiger partial charge in [-0.25, -0.2) is 4.98 Å². The van der Waals surface area contributed by atoms with Crippen molar-refractivity contribution in [3.05, 3.63) is 30.1 Å². The zero-order valence-electron chi connectivity index (χ0n) is 11.4. The van der Waals surface area contributed by atoms with Crippen LogP contribution in [-0.4, -0.2) is 30.1 Å². The van der Waals surface area contributed by atoms with Crippen LogP contribution in [0.5, 0.6) is 0 Å². The van der Waals surface area contributed by atoms with Gasteiger partial charge in [-0.05, 0) is 26.8 Å². The van der Waals surface area contributed by atoms with Crippen molar-refractivity contribution in [2.75, 3.05) is 0 Å². The minimum atomic E-state index is 0.0971. The van der Waals surface area contributed by atoms with Crippen LogP contribution in [0, 0.1) is 0 Å². The SMILES string of the molecule is Cn1ncnc1Cn1nccc1CNC(C)(C)C. The molecule has 2 aromatic heterocycles. The van der Waals surface area contributed by atoms with Gasteiger partial charge in [0.25, 0.3) is 0 Å². The second-order valence-electron chi connectivity index (χ2n) is 5.38. The predicted molar refractivity (Wildman–Crippen MR) is 68.9 cm³/mol. The summed E-state index contributed by atoms with van der Waals surface area (Å²) < 4.78 is 3.71. The summed E-state index contributed by atoms with van der Waals surface area (Å²) in [5.41, 5.74) is 1.24. The second kappa shape index (κ2) is 4.89. The summed E-state index contributed by atoms with van der Waals surface area (Å²) in [5.74, 6) is 0.899. The molecule has 0 unspecified atom stereocenters. The highest BCUT2D eigenvalue weighted by Crippen LogP contribution is 2.06. The number of hydrogen-bond acceptors (Lipinski definition) is 4. The first-order valence-corrected chi connectivity index (χ1v) is 6.04. The van der Waals surface area contributed by atoms with E-state index in [1.807, 2.05) is 24.0 Å². The Kier molecular flexibility index (Phi) is 3.47. The molecule has 0 spiro atoms. The van der Waals surface area contributed by atoms with Gasteiger partial charge in [0.1, 0.15) is 18.7 Å². The average molecular weight is 248 g/mol. The topological polar surface area (TPSA) is 60.6 Å². The van der Waals surface area contributed by atoms with Gasteiger partial charge < -0.3 is 5.32 Å². The normalized spacial score (nSPS) is 12.0. The molecule has 0 aliphatic rings. The summed E-state index contributed by atoms with van der Waals surface area (Å²) in [5, 5.41) is 11.8. The van der Waals surface area contributed by atoms with Crippen molar-refractivity contribution in [1.29, 1.82) is 0 Å². The maximum absolute atomic E-state index is 4.33. The van der Waals surface area contributed by atoms with E-state index in [9.17, 15) is 0 Å². The maximum Gasteiger partial charge on any atom is 0.148 e. The molecule has 2 heterocycles. The van der Waals surface area contributed by atoms with Crippen molar-refractivity contribution in [3.8, 4) is 0 Å². The van der Waals surface area contributed by atoms with Crippen LogP contribution in [-0.2, 0) is 20.1 Å². The van der Waals surface area contributed by atoms with Gasteiger partial charge in [-0.1, -0.05) is 0 Å². The van der Waals surface area contributed by atoms with E-state index in [0.29, 0.717) is 6.54 Å². The van der Waals surface area contributed by atoms with E-state index in [1.54, 1.807) is 11.0 Å². The lowest BCUT2D eigenvalue weighted by Gasteiger charge is -2.20. The predicted octanol–water partition coefficient (Wildman–Crippen LogP) is 0.948. The highest BCUT2D eigenvalue weighted by molar-refractivity contribution is 5.03. The fourth-order valence-corrected chi connectivity index (χ4v) is 1.61. The lowest BCUT2D eigenvalue weighted by Crippen LogP contribution is -2.35. The van der Waals surface area contributed by atoms with Gasteiger partial charge in [-0.2, -0.15) is 10.2 Å². The molecule has 0 atom stereocenters. The quantitative estimate of drug-likeness (QED) is 0.875. The lowest BCUT2D eigenvalue weighted by molar-refractivity contribution is 0.412. The molecule has 0 aliphatic heterocycles. The van der Waals surface area contributed by atoms with Gasteiger partial charge >= 0.3 is 0 Å². The number of nitrogens with zero attached hydrogens (tertiary/aromatic N) is 5. The number of nitrogens with one attached hydrogen (secondary N) is 1. The van der Waals surface area contributed by atoms with Crippen LogP contribution in [0.1, 0.15) is 32.3 Å². The van der Waals surface area contributed by atoms with E-state index in [1.165, 1.54) is 0 Å². The van der Waals surface area contributed by atoms with E-state index in [4.69, 9.17) is 0 Å². The van der Waals surface area contributed by atoms with Crippen LogP contribution in [0.4, 0.5) is 0 Å². The highest BCUT2D eigenvalue weighted by Gasteiger charge is 2.11. The van der Waals surface area contributed by atoms with Gasteiger partial charge in [0.05, 0.1) is 5.69 Å². The molecule has 0 amide bonds. The maximum atomic E-state index is 4.33. The first-order valence-electron chi connectivity index (χ1n) is 6.04. The smallest absolute Gasteiger partial charge is 0.148 e. The van der Waals surface area contributed by atoms with Crippen LogP contribution in [0.15, 0.2) is 18.6 Å². The van der Waals surface area contributed by atoms with Crippen LogP contribution < -0.4 is 5.32 Å². The minimum Gasteiger partial charge on any atom is -0.306 e. The fourth-order valence-electron chi connectivity index (χ4n) is 1.61. The largest absolute Gasteiger partial charge is 0.306 e. The molecule has 98 valence electrons. The van der Waals surface area contributed by atoms with Gasteiger partial charge in [0, 0.05) is 25.3 Å². The van der Waals surface area contributed by atoms with Crippen molar-refractivity contribution in [2.45, 2.75) is 39.4 Å². The molecule has 1 N–H and O–H groups in total. The Hall–Kier alpha value is -1.69. The molecule has 6 heteroatoms. The van der Waals surface area contributed by atoms with Crippen LogP contribution in [0.2, 0.25) is 0 Å². The zero-order valence-corrected chi connectivity index (χ0v) is 11.4. The van der Waals surface area contributed by atoms with Crippen molar-refractivity contribution in [1.82, 2.24) is 29.9 Å². The van der Waals surface area contributed by atoms with Crippen LogP contribution >= 0.6 is 0 Å². The Labute approximate surface area is 107 Å². The molecular weight excluding hydrogens is 228 g/mol. The number of aromatic nitrogens is 5. The molecule has 0 bridgehead atoms. The number of hydrogen-bond donors (Lipinski definition) is 1. The van der Waals surface area contributed by atoms with Gasteiger partial charge in [0.2, 0.25) is 0 Å². The van der Waals surface area contributed by atoms with Crippen molar-refractivity contribution >= 4 is 0 Å². The van der Waals surface area contributed by atoms with E-state index in [2.05, 4.69) is 41.3 Å². The second-order valence-corrected chi connectivity index (χ2v) is 5.38. The molecule has 2 rings (SSSR count). The average Bonchev–Trinajstić information content (AvgIpc) is 2.86.